The van der Waals surface area contributed by atoms with Gasteiger partial charge in [0.25, 0.3) is 5.91 Å². The highest BCUT2D eigenvalue weighted by molar-refractivity contribution is 6.18. The Morgan fingerprint density at radius 2 is 1.73 bits per heavy atom. The molecule has 0 heterocycles. The molecule has 4 fully saturated rings. The van der Waals surface area contributed by atoms with Crippen LogP contribution in [-0.2, 0) is 4.79 Å². The molecule has 4 aliphatic rings. The second-order valence-corrected chi connectivity index (χ2v) is 10.0. The molecule has 3 atom stereocenters. The lowest BCUT2D eigenvalue weighted by molar-refractivity contribution is -0.154. The van der Waals surface area contributed by atoms with Gasteiger partial charge in [-0.3, -0.25) is 10.0 Å². The van der Waals surface area contributed by atoms with Gasteiger partial charge in [-0.2, -0.15) is 0 Å². The SMILES string of the molecule is C=C(C(=O)NO)c1ccc(C(N)C23CC4CC(C)(CC(C)(C4)C2)C3)cc1. The van der Waals surface area contributed by atoms with E-state index in [1.807, 2.05) is 24.3 Å². The minimum absolute atomic E-state index is 0.0264. The van der Waals surface area contributed by atoms with Gasteiger partial charge in [-0.25, -0.2) is 5.48 Å². The number of nitrogens with one attached hydrogen (secondary N) is 1. The van der Waals surface area contributed by atoms with Crippen LogP contribution in [-0.4, -0.2) is 11.1 Å². The van der Waals surface area contributed by atoms with Crippen molar-refractivity contribution in [3.8, 4) is 0 Å². The molecule has 3 unspecified atom stereocenters. The maximum absolute atomic E-state index is 11.5. The van der Waals surface area contributed by atoms with E-state index in [9.17, 15) is 4.79 Å². The fraction of sp³-hybridized carbons (Fsp3) is 0.591. The monoisotopic (exact) mass is 354 g/mol. The van der Waals surface area contributed by atoms with Crippen molar-refractivity contribution in [2.45, 2.75) is 58.4 Å². The third-order valence-electron chi connectivity index (χ3n) is 7.32. The first kappa shape index (κ1) is 17.7. The summed E-state index contributed by atoms with van der Waals surface area (Å²) in [6.07, 6.45) is 7.79. The first-order valence-corrected chi connectivity index (χ1v) is 9.67. The molecule has 140 valence electrons. The molecule has 4 heteroatoms. The van der Waals surface area contributed by atoms with Crippen LogP contribution in [0.4, 0.5) is 0 Å². The summed E-state index contributed by atoms with van der Waals surface area (Å²) in [4.78, 5) is 11.5. The van der Waals surface area contributed by atoms with Gasteiger partial charge in [0.15, 0.2) is 0 Å². The molecular weight excluding hydrogens is 324 g/mol. The molecule has 0 saturated heterocycles. The van der Waals surface area contributed by atoms with Gasteiger partial charge in [0, 0.05) is 11.6 Å². The lowest BCUT2D eigenvalue weighted by Crippen LogP contribution is -2.58. The summed E-state index contributed by atoms with van der Waals surface area (Å²) in [6.45, 7) is 8.68. The maximum atomic E-state index is 11.5. The van der Waals surface area contributed by atoms with Crippen LogP contribution in [0.3, 0.4) is 0 Å². The predicted molar refractivity (Wildman–Crippen MR) is 102 cm³/mol. The minimum Gasteiger partial charge on any atom is -0.323 e. The number of nitrogens with two attached hydrogens (primary N) is 1. The lowest BCUT2D eigenvalue weighted by atomic mass is 9.39. The van der Waals surface area contributed by atoms with E-state index in [-0.39, 0.29) is 17.0 Å². The summed E-state index contributed by atoms with van der Waals surface area (Å²) >= 11 is 0. The number of hydrogen-bond donors (Lipinski definition) is 3. The van der Waals surface area contributed by atoms with Crippen molar-refractivity contribution in [1.82, 2.24) is 5.48 Å². The smallest absolute Gasteiger partial charge is 0.274 e. The van der Waals surface area contributed by atoms with Gasteiger partial charge in [-0.15, -0.1) is 0 Å². The van der Waals surface area contributed by atoms with Gasteiger partial charge < -0.3 is 5.73 Å². The fourth-order valence-electron chi connectivity index (χ4n) is 7.33. The fourth-order valence-corrected chi connectivity index (χ4v) is 7.33. The van der Waals surface area contributed by atoms with Gasteiger partial charge in [0.1, 0.15) is 0 Å². The molecule has 0 aliphatic heterocycles. The molecule has 1 aromatic carbocycles. The molecule has 4 saturated carbocycles. The van der Waals surface area contributed by atoms with Gasteiger partial charge in [0.05, 0.1) is 0 Å². The molecule has 4 nitrogen and oxygen atoms in total. The third kappa shape index (κ3) is 2.71. The lowest BCUT2D eigenvalue weighted by Gasteiger charge is -2.67. The van der Waals surface area contributed by atoms with E-state index in [4.69, 9.17) is 10.9 Å². The second-order valence-electron chi connectivity index (χ2n) is 10.0. The summed E-state index contributed by atoms with van der Waals surface area (Å²) in [6, 6.07) is 7.85. The van der Waals surface area contributed by atoms with E-state index < -0.39 is 5.91 Å². The molecule has 4 aliphatic carbocycles. The van der Waals surface area contributed by atoms with E-state index in [0.717, 1.165) is 11.5 Å². The third-order valence-corrected chi connectivity index (χ3v) is 7.32. The predicted octanol–water partition coefficient (Wildman–Crippen LogP) is 4.20. The zero-order valence-corrected chi connectivity index (χ0v) is 15.8. The maximum Gasteiger partial charge on any atom is 0.274 e. The van der Waals surface area contributed by atoms with Crippen molar-refractivity contribution in [2.24, 2.45) is 27.9 Å². The van der Waals surface area contributed by atoms with Crippen LogP contribution in [0.5, 0.6) is 0 Å². The van der Waals surface area contributed by atoms with Crippen molar-refractivity contribution >= 4 is 11.5 Å². The molecule has 4 N–H and O–H groups in total. The highest BCUT2D eigenvalue weighted by Gasteiger charge is 2.61. The van der Waals surface area contributed by atoms with Crippen molar-refractivity contribution in [1.29, 1.82) is 0 Å². The van der Waals surface area contributed by atoms with Crippen molar-refractivity contribution in [3.63, 3.8) is 0 Å². The summed E-state index contributed by atoms with van der Waals surface area (Å²) in [5, 5.41) is 8.77. The Morgan fingerprint density at radius 3 is 2.23 bits per heavy atom. The Labute approximate surface area is 155 Å². The standard InChI is InChI=1S/C22H30N2O2/c1-14(19(25)24-26)16-4-6-17(7-5-16)18(23)22-10-15-8-20(2,12-22)11-21(3,9-15)13-22/h4-7,15,18,26H,1,8-13,23H2,2-3H3,(H,24,25). The van der Waals surface area contributed by atoms with Gasteiger partial charge in [0.2, 0.25) is 0 Å². The summed E-state index contributed by atoms with van der Waals surface area (Å²) in [7, 11) is 0. The molecular formula is C22H30N2O2. The largest absolute Gasteiger partial charge is 0.323 e. The van der Waals surface area contributed by atoms with Crippen LogP contribution in [0.25, 0.3) is 5.57 Å². The Kier molecular flexibility index (Phi) is 3.87. The molecule has 1 aromatic rings. The molecule has 0 spiro atoms. The average Bonchev–Trinajstić information content (AvgIpc) is 2.56. The van der Waals surface area contributed by atoms with Crippen LogP contribution >= 0.6 is 0 Å². The van der Waals surface area contributed by atoms with E-state index in [1.54, 1.807) is 5.48 Å². The number of hydroxylamine groups is 1. The highest BCUT2D eigenvalue weighted by Crippen LogP contribution is 2.71. The Bertz CT molecular complexity index is 736. The van der Waals surface area contributed by atoms with E-state index in [1.165, 1.54) is 38.5 Å². The second kappa shape index (κ2) is 5.67. The van der Waals surface area contributed by atoms with Crippen molar-refractivity contribution in [2.75, 3.05) is 0 Å². The molecule has 1 amide bonds. The van der Waals surface area contributed by atoms with Crippen LogP contribution in [0.2, 0.25) is 0 Å². The number of carbonyl (C=O) groups excluding carboxylic acids is 1. The van der Waals surface area contributed by atoms with E-state index in [0.29, 0.717) is 16.4 Å². The zero-order chi connectivity index (χ0) is 18.7. The summed E-state index contributed by atoms with van der Waals surface area (Å²) < 4.78 is 0. The quantitative estimate of drug-likeness (QED) is 0.431. The first-order valence-electron chi connectivity index (χ1n) is 9.67. The van der Waals surface area contributed by atoms with Crippen molar-refractivity contribution < 1.29 is 10.0 Å². The number of hydrogen-bond acceptors (Lipinski definition) is 3. The number of carbonyl (C=O) groups is 1. The van der Waals surface area contributed by atoms with Crippen LogP contribution in [0, 0.1) is 22.2 Å². The van der Waals surface area contributed by atoms with Gasteiger partial charge >= 0.3 is 0 Å². The van der Waals surface area contributed by atoms with Gasteiger partial charge in [-0.1, -0.05) is 44.7 Å². The van der Waals surface area contributed by atoms with Crippen molar-refractivity contribution in [3.05, 3.63) is 42.0 Å². The first-order chi connectivity index (χ1) is 12.2. The van der Waals surface area contributed by atoms with Crippen LogP contribution < -0.4 is 11.2 Å². The Morgan fingerprint density at radius 1 is 1.15 bits per heavy atom. The Balaban J connectivity index is 1.61. The highest BCUT2D eigenvalue weighted by atomic mass is 16.5. The molecule has 5 rings (SSSR count). The molecule has 26 heavy (non-hydrogen) atoms. The zero-order valence-electron chi connectivity index (χ0n) is 15.8. The van der Waals surface area contributed by atoms with Crippen LogP contribution in [0.1, 0.15) is 69.5 Å². The van der Waals surface area contributed by atoms with E-state index >= 15 is 0 Å². The molecule has 0 aromatic heterocycles. The molecule has 0 radical (unpaired) electrons. The minimum atomic E-state index is -0.580. The normalized spacial score (nSPS) is 38.8. The number of amides is 1. The van der Waals surface area contributed by atoms with E-state index in [2.05, 4.69) is 20.4 Å². The summed E-state index contributed by atoms with van der Waals surface area (Å²) in [5.41, 5.74) is 11.7. The topological polar surface area (TPSA) is 75.3 Å². The Hall–Kier alpha value is -1.65. The van der Waals surface area contributed by atoms with Crippen LogP contribution in [0.15, 0.2) is 30.8 Å². The molecule has 4 bridgehead atoms. The number of benzene rings is 1. The number of rotatable bonds is 4. The summed E-state index contributed by atoms with van der Waals surface area (Å²) in [5.74, 6) is 0.239. The average molecular weight is 354 g/mol. The van der Waals surface area contributed by atoms with Gasteiger partial charge in [-0.05, 0) is 71.8 Å².